The van der Waals surface area contributed by atoms with Crippen LogP contribution in [0.5, 0.6) is 0 Å². The molecule has 0 aromatic heterocycles. The zero-order chi connectivity index (χ0) is 15.4. The number of nitrogens with one attached hydrogen (secondary N) is 1. The molecule has 7 nitrogen and oxygen atoms in total. The van der Waals surface area contributed by atoms with Crippen molar-refractivity contribution in [1.82, 2.24) is 0 Å². The van der Waals surface area contributed by atoms with Crippen LogP contribution in [0.3, 0.4) is 0 Å². The normalized spacial score (nSPS) is 11.9. The molecule has 110 valence electrons. The van der Waals surface area contributed by atoms with Crippen LogP contribution in [0.1, 0.15) is 0 Å². The van der Waals surface area contributed by atoms with E-state index in [0.717, 1.165) is 0 Å². The van der Waals surface area contributed by atoms with Crippen molar-refractivity contribution in [3.8, 4) is 0 Å². The zero-order valence-electron chi connectivity index (χ0n) is 10.4. The van der Waals surface area contributed by atoms with Crippen LogP contribution in [-0.2, 0) is 18.4 Å². The number of rotatable bonds is 6. The SMILES string of the molecule is C=CCS(=O)(=O)CC(=O)Nc1ccc([As](=O)(O)O)cc1. The molecule has 0 aliphatic heterocycles. The molecule has 0 radical (unpaired) electrons. The molecule has 0 unspecified atom stereocenters. The van der Waals surface area contributed by atoms with Crippen LogP contribution in [0.4, 0.5) is 5.69 Å². The number of carbonyl (C=O) groups excluding carboxylic acids is 1. The average molecular weight is 363 g/mol. The van der Waals surface area contributed by atoms with E-state index in [4.69, 9.17) is 8.19 Å². The number of benzene rings is 1. The number of anilines is 1. The van der Waals surface area contributed by atoms with Crippen molar-refractivity contribution in [1.29, 1.82) is 0 Å². The second kappa shape index (κ2) is 6.41. The Morgan fingerprint density at radius 3 is 2.30 bits per heavy atom. The molecule has 0 aliphatic carbocycles. The Kier molecular flexibility index (Phi) is 5.35. The summed E-state index contributed by atoms with van der Waals surface area (Å²) in [7, 11) is -3.53. The molecule has 0 bridgehead atoms. The Morgan fingerprint density at radius 1 is 1.30 bits per heavy atom. The molecule has 0 fully saturated rings. The van der Waals surface area contributed by atoms with Gasteiger partial charge in [0.2, 0.25) is 0 Å². The van der Waals surface area contributed by atoms with E-state index in [0.29, 0.717) is 0 Å². The molecule has 0 heterocycles. The Hall–Kier alpha value is -1.34. The second-order valence-corrected chi connectivity index (χ2v) is 9.46. The number of carbonyl (C=O) groups is 1. The summed E-state index contributed by atoms with van der Waals surface area (Å²) >= 11 is -4.95. The van der Waals surface area contributed by atoms with Gasteiger partial charge in [0.25, 0.3) is 0 Å². The first-order valence-electron chi connectivity index (χ1n) is 5.41. The minimum atomic E-state index is -4.95. The summed E-state index contributed by atoms with van der Waals surface area (Å²) in [6, 6.07) is 4.98. The first-order valence-corrected chi connectivity index (χ1v) is 10.6. The fraction of sp³-hybridized carbons (Fsp3) is 0.182. The van der Waals surface area contributed by atoms with Crippen molar-refractivity contribution < 1.29 is 25.1 Å². The maximum atomic E-state index is 11.5. The van der Waals surface area contributed by atoms with E-state index in [-0.39, 0.29) is 15.8 Å². The molecular weight excluding hydrogens is 349 g/mol. The summed E-state index contributed by atoms with van der Waals surface area (Å²) in [5.74, 6) is -1.69. The monoisotopic (exact) mass is 363 g/mol. The van der Waals surface area contributed by atoms with Crippen molar-refractivity contribution >= 4 is 40.0 Å². The summed E-state index contributed by atoms with van der Waals surface area (Å²) in [5, 5.41) is 2.34. The molecular formula is C11H14AsNO6S. The molecule has 0 aliphatic rings. The number of hydrogen-bond acceptors (Lipinski definition) is 4. The summed E-state index contributed by atoms with van der Waals surface area (Å²) in [6.07, 6.45) is 1.19. The van der Waals surface area contributed by atoms with Crippen LogP contribution in [0, 0.1) is 0 Å². The quantitative estimate of drug-likeness (QED) is 0.431. The molecule has 1 amide bonds. The van der Waals surface area contributed by atoms with E-state index >= 15 is 0 Å². The molecule has 1 aromatic rings. The van der Waals surface area contributed by atoms with E-state index in [2.05, 4.69) is 11.9 Å². The van der Waals surface area contributed by atoms with Gasteiger partial charge in [0.1, 0.15) is 0 Å². The first-order chi connectivity index (χ1) is 9.14. The van der Waals surface area contributed by atoms with Crippen LogP contribution < -0.4 is 9.67 Å². The van der Waals surface area contributed by atoms with Gasteiger partial charge in [0, 0.05) is 0 Å². The van der Waals surface area contributed by atoms with E-state index in [9.17, 15) is 17.0 Å². The van der Waals surface area contributed by atoms with E-state index in [1.807, 2.05) is 0 Å². The molecule has 20 heavy (non-hydrogen) atoms. The van der Waals surface area contributed by atoms with Crippen molar-refractivity contribution in [2.24, 2.45) is 0 Å². The van der Waals surface area contributed by atoms with Crippen molar-refractivity contribution in [2.75, 3.05) is 16.8 Å². The van der Waals surface area contributed by atoms with Crippen molar-refractivity contribution in [2.45, 2.75) is 0 Å². The first kappa shape index (κ1) is 16.7. The average Bonchev–Trinajstić information content (AvgIpc) is 2.27. The number of amides is 1. The molecule has 1 rings (SSSR count). The zero-order valence-corrected chi connectivity index (χ0v) is 13.1. The summed E-state index contributed by atoms with van der Waals surface area (Å²) in [6.45, 7) is 3.29. The van der Waals surface area contributed by atoms with Crippen LogP contribution >= 0.6 is 0 Å². The summed E-state index contributed by atoms with van der Waals surface area (Å²) < 4.78 is 51.6. The molecule has 0 atom stereocenters. The molecule has 1 aromatic carbocycles. The van der Waals surface area contributed by atoms with E-state index < -0.39 is 35.7 Å². The van der Waals surface area contributed by atoms with Crippen molar-refractivity contribution in [3.05, 3.63) is 36.9 Å². The Balaban J connectivity index is 2.73. The molecule has 0 spiro atoms. The van der Waals surface area contributed by atoms with Gasteiger partial charge in [0.05, 0.1) is 0 Å². The van der Waals surface area contributed by atoms with Crippen molar-refractivity contribution in [3.63, 3.8) is 0 Å². The maximum absolute atomic E-state index is 11.5. The van der Waals surface area contributed by atoms with Gasteiger partial charge < -0.3 is 0 Å². The van der Waals surface area contributed by atoms with Crippen LogP contribution in [-0.4, -0.2) is 48.2 Å². The third-order valence-electron chi connectivity index (χ3n) is 2.21. The van der Waals surface area contributed by atoms with Gasteiger partial charge in [-0.15, -0.1) is 0 Å². The standard InChI is InChI=1S/C11H14AsNO6S/c1-2-7-20(18,19)8-11(14)13-10-5-3-9(4-6-10)12(15,16)17/h2-6H,1,7-8H2,(H,13,14)(H2,15,16,17). The fourth-order valence-corrected chi connectivity index (χ4v) is 3.45. The molecule has 9 heteroatoms. The third-order valence-corrected chi connectivity index (χ3v) is 5.69. The van der Waals surface area contributed by atoms with Gasteiger partial charge in [-0.25, -0.2) is 0 Å². The Labute approximate surface area is 119 Å². The Morgan fingerprint density at radius 2 is 1.85 bits per heavy atom. The minimum absolute atomic E-state index is 0.125. The molecule has 3 N–H and O–H groups in total. The summed E-state index contributed by atoms with van der Waals surface area (Å²) in [5.41, 5.74) is 0.261. The van der Waals surface area contributed by atoms with Gasteiger partial charge >= 0.3 is 119 Å². The fourth-order valence-electron chi connectivity index (χ4n) is 1.37. The Bertz CT molecular complexity index is 646. The number of hydrogen-bond donors (Lipinski definition) is 3. The van der Waals surface area contributed by atoms with Crippen LogP contribution in [0.2, 0.25) is 0 Å². The van der Waals surface area contributed by atoms with Gasteiger partial charge in [0.15, 0.2) is 0 Å². The predicted molar refractivity (Wildman–Crippen MR) is 74.4 cm³/mol. The number of sulfone groups is 1. The predicted octanol–water partition coefficient (Wildman–Crippen LogP) is -1.21. The van der Waals surface area contributed by atoms with Gasteiger partial charge in [-0.05, 0) is 0 Å². The molecule has 0 saturated carbocycles. The third kappa shape index (κ3) is 5.34. The van der Waals surface area contributed by atoms with Gasteiger partial charge in [-0.1, -0.05) is 0 Å². The van der Waals surface area contributed by atoms with E-state index in [1.54, 1.807) is 0 Å². The summed E-state index contributed by atoms with van der Waals surface area (Å²) in [4.78, 5) is 11.5. The van der Waals surface area contributed by atoms with Gasteiger partial charge in [-0.2, -0.15) is 0 Å². The second-order valence-electron chi connectivity index (χ2n) is 3.98. The van der Waals surface area contributed by atoms with Gasteiger partial charge in [-0.3, -0.25) is 0 Å². The molecule has 0 saturated heterocycles. The van der Waals surface area contributed by atoms with E-state index in [1.165, 1.54) is 30.3 Å². The topological polar surface area (TPSA) is 121 Å². The van der Waals surface area contributed by atoms with Crippen LogP contribution in [0.15, 0.2) is 36.9 Å². The van der Waals surface area contributed by atoms with Crippen LogP contribution in [0.25, 0.3) is 0 Å².